The van der Waals surface area contributed by atoms with E-state index < -0.39 is 21.9 Å². The molecule has 0 aromatic heterocycles. The van der Waals surface area contributed by atoms with Crippen molar-refractivity contribution in [3.8, 4) is 11.1 Å². The van der Waals surface area contributed by atoms with Gasteiger partial charge in [-0.05, 0) is 17.2 Å². The maximum absolute atomic E-state index is 11.9. The van der Waals surface area contributed by atoms with Crippen LogP contribution in [0.15, 0.2) is 53.4 Å². The average molecular weight is 306 g/mol. The summed E-state index contributed by atoms with van der Waals surface area (Å²) in [4.78, 5) is 10.7. The van der Waals surface area contributed by atoms with E-state index in [1.54, 1.807) is 6.07 Å². The zero-order valence-corrected chi connectivity index (χ0v) is 12.0. The Morgan fingerprint density at radius 1 is 1.05 bits per heavy atom. The van der Waals surface area contributed by atoms with Crippen molar-refractivity contribution in [1.82, 2.24) is 0 Å². The Morgan fingerprint density at radius 3 is 2.19 bits per heavy atom. The molecule has 0 radical (unpaired) electrons. The summed E-state index contributed by atoms with van der Waals surface area (Å²) in [5.74, 6) is -1.49. The van der Waals surface area contributed by atoms with Crippen LogP contribution in [0.4, 0.5) is 0 Å². The Bertz CT molecular complexity index is 766. The maximum atomic E-state index is 11.9. The van der Waals surface area contributed by atoms with E-state index >= 15 is 0 Å². The van der Waals surface area contributed by atoms with E-state index in [0.29, 0.717) is 5.56 Å². The first-order valence-corrected chi connectivity index (χ1v) is 8.00. The zero-order chi connectivity index (χ0) is 15.6. The topological polar surface area (TPSA) is 91.7 Å². The van der Waals surface area contributed by atoms with E-state index in [9.17, 15) is 18.3 Å². The van der Waals surface area contributed by atoms with E-state index in [4.69, 9.17) is 5.11 Å². The molecule has 0 bridgehead atoms. The lowest BCUT2D eigenvalue weighted by atomic mass is 10.0. The molecule has 1 atom stereocenters. The molecule has 0 saturated heterocycles. The molecule has 21 heavy (non-hydrogen) atoms. The molecule has 0 fully saturated rings. The maximum Gasteiger partial charge on any atom is 0.337 e. The molecule has 6 heteroatoms. The first-order valence-electron chi connectivity index (χ1n) is 6.11. The minimum Gasteiger partial charge on any atom is -0.479 e. The van der Waals surface area contributed by atoms with Crippen LogP contribution >= 0.6 is 0 Å². The molecule has 5 nitrogen and oxygen atoms in total. The summed E-state index contributed by atoms with van der Waals surface area (Å²) in [5, 5.41) is 18.5. The van der Waals surface area contributed by atoms with Gasteiger partial charge in [0.1, 0.15) is 0 Å². The number of hydrogen-bond donors (Lipinski definition) is 2. The first-order chi connectivity index (χ1) is 9.80. The Kier molecular flexibility index (Phi) is 4.11. The third kappa shape index (κ3) is 3.29. The minimum absolute atomic E-state index is 0.135. The van der Waals surface area contributed by atoms with Crippen molar-refractivity contribution in [2.24, 2.45) is 0 Å². The monoisotopic (exact) mass is 306 g/mol. The van der Waals surface area contributed by atoms with Crippen LogP contribution in [0.25, 0.3) is 11.1 Å². The number of carboxylic acids is 1. The fourth-order valence-corrected chi connectivity index (χ4v) is 2.97. The van der Waals surface area contributed by atoms with Crippen LogP contribution in [0.3, 0.4) is 0 Å². The molecule has 110 valence electrons. The standard InChI is InChI=1S/C15H14O5S/c1-21(19,20)13-9-11(10-5-3-2-4-6-10)7-8-12(13)14(16)15(17)18/h2-9,14,16H,1H3,(H,17,18). The van der Waals surface area contributed by atoms with Gasteiger partial charge in [-0.1, -0.05) is 42.5 Å². The number of carbonyl (C=O) groups is 1. The summed E-state index contributed by atoms with van der Waals surface area (Å²) in [5.41, 5.74) is 1.31. The van der Waals surface area contributed by atoms with Crippen LogP contribution in [-0.4, -0.2) is 30.9 Å². The minimum atomic E-state index is -3.67. The zero-order valence-electron chi connectivity index (χ0n) is 11.2. The molecule has 0 aliphatic carbocycles. The van der Waals surface area contributed by atoms with Gasteiger partial charge in [-0.3, -0.25) is 0 Å². The number of aliphatic carboxylic acids is 1. The van der Waals surface area contributed by atoms with Crippen molar-refractivity contribution >= 4 is 15.8 Å². The first kappa shape index (κ1) is 15.2. The number of benzene rings is 2. The molecule has 2 aromatic carbocycles. The van der Waals surface area contributed by atoms with Crippen molar-refractivity contribution < 1.29 is 23.4 Å². The second kappa shape index (κ2) is 5.67. The molecular weight excluding hydrogens is 292 g/mol. The quantitative estimate of drug-likeness (QED) is 0.899. The molecule has 0 saturated carbocycles. The lowest BCUT2D eigenvalue weighted by molar-refractivity contribution is -0.147. The number of aliphatic hydroxyl groups is 1. The summed E-state index contributed by atoms with van der Waals surface area (Å²) in [6.07, 6.45) is -0.894. The third-order valence-electron chi connectivity index (χ3n) is 3.05. The van der Waals surface area contributed by atoms with E-state index in [1.165, 1.54) is 12.1 Å². The number of sulfone groups is 1. The number of aliphatic hydroxyl groups excluding tert-OH is 1. The highest BCUT2D eigenvalue weighted by Gasteiger charge is 2.24. The van der Waals surface area contributed by atoms with Gasteiger partial charge in [-0.15, -0.1) is 0 Å². The molecule has 0 aliphatic heterocycles. The van der Waals surface area contributed by atoms with Crippen molar-refractivity contribution in [2.75, 3.05) is 6.26 Å². The summed E-state index contributed by atoms with van der Waals surface area (Å²) in [6, 6.07) is 13.4. The van der Waals surface area contributed by atoms with Gasteiger partial charge in [-0.2, -0.15) is 0 Å². The highest BCUT2D eigenvalue weighted by atomic mass is 32.2. The fraction of sp³-hybridized carbons (Fsp3) is 0.133. The van der Waals surface area contributed by atoms with Crippen molar-refractivity contribution in [1.29, 1.82) is 0 Å². The predicted octanol–water partition coefficient (Wildman–Crippen LogP) is 1.88. The predicted molar refractivity (Wildman–Crippen MR) is 77.6 cm³/mol. The summed E-state index contributed by atoms with van der Waals surface area (Å²) in [7, 11) is -3.67. The lowest BCUT2D eigenvalue weighted by Crippen LogP contribution is -2.14. The van der Waals surface area contributed by atoms with Gasteiger partial charge in [0.2, 0.25) is 0 Å². The van der Waals surface area contributed by atoms with E-state index in [2.05, 4.69) is 0 Å². The molecule has 0 amide bonds. The Labute approximate surface area is 122 Å². The Balaban J connectivity index is 2.64. The number of hydrogen-bond acceptors (Lipinski definition) is 4. The fourth-order valence-electron chi connectivity index (χ4n) is 2.02. The van der Waals surface area contributed by atoms with E-state index in [-0.39, 0.29) is 10.5 Å². The second-order valence-electron chi connectivity index (χ2n) is 4.63. The summed E-state index contributed by atoms with van der Waals surface area (Å²) < 4.78 is 23.7. The number of rotatable bonds is 4. The Morgan fingerprint density at radius 2 is 1.67 bits per heavy atom. The summed E-state index contributed by atoms with van der Waals surface area (Å²) >= 11 is 0. The van der Waals surface area contributed by atoms with Gasteiger partial charge < -0.3 is 10.2 Å². The number of carboxylic acid groups (broad SMARTS) is 1. The van der Waals surface area contributed by atoms with E-state index in [0.717, 1.165) is 11.8 Å². The van der Waals surface area contributed by atoms with Crippen molar-refractivity contribution in [3.63, 3.8) is 0 Å². The second-order valence-corrected chi connectivity index (χ2v) is 6.62. The van der Waals surface area contributed by atoms with Gasteiger partial charge in [0, 0.05) is 11.8 Å². The molecule has 2 N–H and O–H groups in total. The molecular formula is C15H14O5S. The van der Waals surface area contributed by atoms with Gasteiger partial charge in [-0.25, -0.2) is 13.2 Å². The van der Waals surface area contributed by atoms with Gasteiger partial charge in [0.25, 0.3) is 0 Å². The third-order valence-corrected chi connectivity index (χ3v) is 4.20. The highest BCUT2D eigenvalue weighted by Crippen LogP contribution is 2.29. The largest absolute Gasteiger partial charge is 0.479 e. The van der Waals surface area contributed by atoms with Crippen LogP contribution in [0.1, 0.15) is 11.7 Å². The van der Waals surface area contributed by atoms with Gasteiger partial charge in [0.05, 0.1) is 4.90 Å². The Hall–Kier alpha value is -2.18. The summed E-state index contributed by atoms with van der Waals surface area (Å²) in [6.45, 7) is 0. The highest BCUT2D eigenvalue weighted by molar-refractivity contribution is 7.90. The normalized spacial score (nSPS) is 12.9. The van der Waals surface area contributed by atoms with E-state index in [1.807, 2.05) is 30.3 Å². The van der Waals surface area contributed by atoms with Crippen LogP contribution in [0, 0.1) is 0 Å². The van der Waals surface area contributed by atoms with Crippen LogP contribution in [0.5, 0.6) is 0 Å². The lowest BCUT2D eigenvalue weighted by Gasteiger charge is -2.13. The molecule has 1 unspecified atom stereocenters. The van der Waals surface area contributed by atoms with Gasteiger partial charge in [0.15, 0.2) is 15.9 Å². The molecule has 2 rings (SSSR count). The molecule has 0 heterocycles. The van der Waals surface area contributed by atoms with Crippen LogP contribution < -0.4 is 0 Å². The molecule has 0 spiro atoms. The van der Waals surface area contributed by atoms with Crippen LogP contribution in [0.2, 0.25) is 0 Å². The molecule has 0 aliphatic rings. The van der Waals surface area contributed by atoms with Crippen LogP contribution in [-0.2, 0) is 14.6 Å². The molecule has 2 aromatic rings. The average Bonchev–Trinajstić information content (AvgIpc) is 2.46. The smallest absolute Gasteiger partial charge is 0.337 e. The SMILES string of the molecule is CS(=O)(=O)c1cc(-c2ccccc2)ccc1C(O)C(=O)O. The van der Waals surface area contributed by atoms with Gasteiger partial charge >= 0.3 is 5.97 Å². The van der Waals surface area contributed by atoms with Crippen molar-refractivity contribution in [3.05, 3.63) is 54.1 Å². The van der Waals surface area contributed by atoms with Crippen molar-refractivity contribution in [2.45, 2.75) is 11.0 Å².